The van der Waals surface area contributed by atoms with E-state index in [0.29, 0.717) is 35.1 Å². The average molecular weight is 593 g/mol. The Balaban J connectivity index is 1.70. The molecule has 4 aromatic rings. The zero-order valence-electron chi connectivity index (χ0n) is 26.0. The highest BCUT2D eigenvalue weighted by Crippen LogP contribution is 2.37. The molecule has 0 spiro atoms. The minimum Gasteiger partial charge on any atom is -0.378 e. The molecule has 44 heavy (non-hydrogen) atoms. The van der Waals surface area contributed by atoms with Gasteiger partial charge in [0, 0.05) is 0 Å². The number of carbonyl (C=O) groups excluding carboxylic acids is 2. The number of rotatable bonds is 12. The van der Waals surface area contributed by atoms with E-state index < -0.39 is 35.1 Å². The van der Waals surface area contributed by atoms with Gasteiger partial charge < -0.3 is 20.8 Å². The molecule has 0 aliphatic rings. The Labute approximate surface area is 261 Å². The maximum atomic E-state index is 13.7. The highest BCUT2D eigenvalue weighted by molar-refractivity contribution is 6.35. The van der Waals surface area contributed by atoms with Gasteiger partial charge in [0.1, 0.15) is 11.2 Å². The summed E-state index contributed by atoms with van der Waals surface area (Å²) >= 11 is 0. The minimum atomic E-state index is -1.60. The summed E-state index contributed by atoms with van der Waals surface area (Å²) < 4.78 is 0. The Morgan fingerprint density at radius 1 is 0.500 bits per heavy atom. The van der Waals surface area contributed by atoms with Crippen LogP contribution in [0.25, 0.3) is 0 Å². The number of amides is 2. The van der Waals surface area contributed by atoms with Crippen molar-refractivity contribution in [1.82, 2.24) is 10.6 Å². The van der Waals surface area contributed by atoms with Gasteiger partial charge in [-0.3, -0.25) is 9.59 Å². The van der Waals surface area contributed by atoms with Gasteiger partial charge in [0.2, 0.25) is 0 Å². The van der Waals surface area contributed by atoms with Crippen LogP contribution in [0.15, 0.2) is 121 Å². The first kappa shape index (κ1) is 32.6. The van der Waals surface area contributed by atoms with Gasteiger partial charge in [-0.2, -0.15) is 0 Å². The maximum Gasteiger partial charge on any atom is 0.309 e. The van der Waals surface area contributed by atoms with E-state index in [1.807, 2.05) is 149 Å². The molecule has 6 heteroatoms. The Morgan fingerprint density at radius 2 is 0.727 bits per heavy atom. The third-order valence-corrected chi connectivity index (χ3v) is 8.10. The molecule has 0 saturated carbocycles. The van der Waals surface area contributed by atoms with Gasteiger partial charge in [0.25, 0.3) is 0 Å². The summed E-state index contributed by atoms with van der Waals surface area (Å²) in [5, 5.41) is 30.7. The first-order valence-corrected chi connectivity index (χ1v) is 15.3. The van der Waals surface area contributed by atoms with E-state index in [1.165, 1.54) is 0 Å². The summed E-state index contributed by atoms with van der Waals surface area (Å²) in [4.78, 5) is 27.5. The van der Waals surface area contributed by atoms with Crippen molar-refractivity contribution in [1.29, 1.82) is 0 Å². The lowest BCUT2D eigenvalue weighted by molar-refractivity contribution is -0.142. The molecule has 230 valence electrons. The van der Waals surface area contributed by atoms with Crippen molar-refractivity contribution in [2.45, 2.75) is 63.8 Å². The number of benzene rings is 4. The van der Waals surface area contributed by atoms with E-state index in [4.69, 9.17) is 0 Å². The van der Waals surface area contributed by atoms with E-state index in [0.717, 1.165) is 0 Å². The summed E-state index contributed by atoms with van der Waals surface area (Å²) in [6.07, 6.45) is 0.819. The summed E-state index contributed by atoms with van der Waals surface area (Å²) in [5.41, 5.74) is -0.768. The Hall–Kier alpha value is -4.26. The van der Waals surface area contributed by atoms with Crippen molar-refractivity contribution in [2.24, 2.45) is 11.8 Å². The average Bonchev–Trinajstić information content (AvgIpc) is 3.04. The highest BCUT2D eigenvalue weighted by atomic mass is 16.3. The SMILES string of the molecule is CC(C)CC(NC(=O)C(=O)NC(CC(C)C)C(O)(c1ccccc1)c1ccccc1)C(O)(c1ccccc1)c1ccccc1. The first-order chi connectivity index (χ1) is 21.1. The highest BCUT2D eigenvalue weighted by Gasteiger charge is 2.44. The molecule has 0 fully saturated rings. The lowest BCUT2D eigenvalue weighted by Gasteiger charge is -2.40. The van der Waals surface area contributed by atoms with Crippen LogP contribution in [0, 0.1) is 11.8 Å². The largest absolute Gasteiger partial charge is 0.378 e. The molecule has 0 aliphatic heterocycles. The second-order valence-corrected chi connectivity index (χ2v) is 12.3. The Bertz CT molecular complexity index is 1280. The lowest BCUT2D eigenvalue weighted by Crippen LogP contribution is -2.58. The van der Waals surface area contributed by atoms with Crippen LogP contribution in [0.5, 0.6) is 0 Å². The van der Waals surface area contributed by atoms with Crippen LogP contribution in [0.1, 0.15) is 62.8 Å². The van der Waals surface area contributed by atoms with Crippen molar-refractivity contribution >= 4 is 11.8 Å². The molecule has 0 radical (unpaired) electrons. The number of carbonyl (C=O) groups is 2. The number of hydrogen-bond donors (Lipinski definition) is 4. The summed E-state index contributed by atoms with van der Waals surface area (Å²) in [6.45, 7) is 8.03. The fraction of sp³-hybridized carbons (Fsp3) is 0.316. The zero-order valence-corrected chi connectivity index (χ0v) is 26.0. The topological polar surface area (TPSA) is 98.7 Å². The van der Waals surface area contributed by atoms with Gasteiger partial charge in [-0.05, 0) is 46.9 Å². The normalized spacial score (nSPS) is 13.4. The predicted octanol–water partition coefficient (Wildman–Crippen LogP) is 5.92. The van der Waals surface area contributed by atoms with Crippen molar-refractivity contribution < 1.29 is 19.8 Å². The van der Waals surface area contributed by atoms with E-state index in [1.54, 1.807) is 0 Å². The monoisotopic (exact) mass is 592 g/mol. The number of aliphatic hydroxyl groups is 2. The minimum absolute atomic E-state index is 0.0947. The van der Waals surface area contributed by atoms with E-state index in [2.05, 4.69) is 10.6 Å². The van der Waals surface area contributed by atoms with Gasteiger partial charge in [0.15, 0.2) is 0 Å². The number of hydrogen-bond acceptors (Lipinski definition) is 4. The molecule has 0 heterocycles. The molecular formula is C38H44N2O4. The third-order valence-electron chi connectivity index (χ3n) is 8.10. The van der Waals surface area contributed by atoms with Crippen LogP contribution >= 0.6 is 0 Å². The molecule has 2 unspecified atom stereocenters. The summed E-state index contributed by atoms with van der Waals surface area (Å²) in [7, 11) is 0. The van der Waals surface area contributed by atoms with Crippen LogP contribution in [0.3, 0.4) is 0 Å². The van der Waals surface area contributed by atoms with Crippen LogP contribution in [-0.2, 0) is 20.8 Å². The molecule has 0 saturated heterocycles. The summed E-state index contributed by atoms with van der Waals surface area (Å²) in [6, 6.07) is 35.2. The second kappa shape index (κ2) is 14.5. The standard InChI is InChI=1S/C38H44N2O4/c1-27(2)25-33(37(43,29-17-9-5-10-18-29)30-19-11-6-12-20-30)39-35(41)36(42)40-34(26-28(3)4)38(44,31-21-13-7-14-22-31)32-23-15-8-16-24-32/h5-24,27-28,33-34,43-44H,25-26H2,1-4H3,(H,39,41)(H,40,42). The molecular weight excluding hydrogens is 548 g/mol. The molecule has 2 amide bonds. The Morgan fingerprint density at radius 3 is 0.932 bits per heavy atom. The van der Waals surface area contributed by atoms with E-state index in [9.17, 15) is 19.8 Å². The molecule has 6 nitrogen and oxygen atoms in total. The Kier molecular flexibility index (Phi) is 10.7. The second-order valence-electron chi connectivity index (χ2n) is 12.3. The fourth-order valence-corrected chi connectivity index (χ4v) is 5.97. The van der Waals surface area contributed by atoms with Crippen LogP contribution in [0.2, 0.25) is 0 Å². The molecule has 0 bridgehead atoms. The number of nitrogens with one attached hydrogen (secondary N) is 2. The van der Waals surface area contributed by atoms with Crippen molar-refractivity contribution in [3.05, 3.63) is 144 Å². The van der Waals surface area contributed by atoms with Crippen LogP contribution in [-0.4, -0.2) is 34.1 Å². The van der Waals surface area contributed by atoms with Crippen molar-refractivity contribution in [3.63, 3.8) is 0 Å². The van der Waals surface area contributed by atoms with E-state index in [-0.39, 0.29) is 11.8 Å². The van der Waals surface area contributed by atoms with Crippen LogP contribution in [0.4, 0.5) is 0 Å². The van der Waals surface area contributed by atoms with Gasteiger partial charge in [-0.25, -0.2) is 0 Å². The molecule has 4 N–H and O–H groups in total. The lowest BCUT2D eigenvalue weighted by atomic mass is 9.77. The third kappa shape index (κ3) is 7.26. The smallest absolute Gasteiger partial charge is 0.309 e. The predicted molar refractivity (Wildman–Crippen MR) is 175 cm³/mol. The van der Waals surface area contributed by atoms with Gasteiger partial charge in [0.05, 0.1) is 12.1 Å². The van der Waals surface area contributed by atoms with Gasteiger partial charge in [-0.1, -0.05) is 149 Å². The molecule has 4 rings (SSSR count). The van der Waals surface area contributed by atoms with Gasteiger partial charge >= 0.3 is 11.8 Å². The van der Waals surface area contributed by atoms with Crippen LogP contribution < -0.4 is 10.6 Å². The van der Waals surface area contributed by atoms with E-state index >= 15 is 0 Å². The quantitative estimate of drug-likeness (QED) is 0.154. The van der Waals surface area contributed by atoms with Crippen molar-refractivity contribution in [3.8, 4) is 0 Å². The van der Waals surface area contributed by atoms with Crippen molar-refractivity contribution in [2.75, 3.05) is 0 Å². The molecule has 2 atom stereocenters. The zero-order chi connectivity index (χ0) is 31.7. The summed E-state index contributed by atoms with van der Waals surface area (Å²) in [5.74, 6) is -1.56. The maximum absolute atomic E-state index is 13.7. The van der Waals surface area contributed by atoms with Gasteiger partial charge in [-0.15, -0.1) is 0 Å². The molecule has 0 aliphatic carbocycles. The first-order valence-electron chi connectivity index (χ1n) is 15.3. The molecule has 4 aromatic carbocycles. The fourth-order valence-electron chi connectivity index (χ4n) is 5.97. The molecule has 0 aromatic heterocycles.